The third-order valence-corrected chi connectivity index (χ3v) is 3.52. The molecule has 0 aliphatic heterocycles. The Morgan fingerprint density at radius 1 is 1.43 bits per heavy atom. The number of aliphatic imine (C=N–C) groups is 1. The van der Waals surface area contributed by atoms with Crippen LogP contribution in [-0.4, -0.2) is 18.3 Å². The zero-order chi connectivity index (χ0) is 9.80. The number of rotatable bonds is 2. The molecule has 2 N–H and O–H groups in total. The fourth-order valence-electron chi connectivity index (χ4n) is 1.86. The van der Waals surface area contributed by atoms with Gasteiger partial charge in [-0.25, -0.2) is 0 Å². The molecule has 0 bridgehead atoms. The third kappa shape index (κ3) is 2.42. The molecule has 0 radical (unpaired) electrons. The Bertz CT molecular complexity index is 292. The first kappa shape index (κ1) is 9.87. The topological polar surface area (TPSA) is 38.4 Å². The van der Waals surface area contributed by atoms with Gasteiger partial charge in [-0.05, 0) is 24.3 Å². The summed E-state index contributed by atoms with van der Waals surface area (Å²) in [5.41, 5.74) is 6.01. The highest BCUT2D eigenvalue weighted by molar-refractivity contribution is 7.11. The van der Waals surface area contributed by atoms with Crippen LogP contribution < -0.4 is 5.73 Å². The van der Waals surface area contributed by atoms with Gasteiger partial charge >= 0.3 is 0 Å². The Kier molecular flexibility index (Phi) is 3.32. The molecule has 1 saturated carbocycles. The van der Waals surface area contributed by atoms with E-state index in [9.17, 15) is 0 Å². The number of nitrogens with zero attached hydrogens (tertiary/aromatic N) is 1. The molecule has 76 valence electrons. The van der Waals surface area contributed by atoms with Crippen LogP contribution in [0.25, 0.3) is 0 Å². The molecule has 3 heteroatoms. The van der Waals surface area contributed by atoms with E-state index < -0.39 is 0 Å². The summed E-state index contributed by atoms with van der Waals surface area (Å²) in [5.74, 6) is 0. The van der Waals surface area contributed by atoms with Gasteiger partial charge in [0.1, 0.15) is 0 Å². The van der Waals surface area contributed by atoms with Crippen molar-refractivity contribution in [1.82, 2.24) is 0 Å². The maximum Gasteiger partial charge on any atom is 0.0651 e. The van der Waals surface area contributed by atoms with Gasteiger partial charge in [-0.1, -0.05) is 18.9 Å². The summed E-state index contributed by atoms with van der Waals surface area (Å²) in [5, 5.41) is 2.07. The second-order valence-corrected chi connectivity index (χ2v) is 4.79. The van der Waals surface area contributed by atoms with E-state index in [-0.39, 0.29) is 6.04 Å². The van der Waals surface area contributed by atoms with Gasteiger partial charge < -0.3 is 5.73 Å². The first-order valence-corrected chi connectivity index (χ1v) is 6.06. The van der Waals surface area contributed by atoms with E-state index in [4.69, 9.17) is 5.73 Å². The van der Waals surface area contributed by atoms with E-state index in [0.717, 1.165) is 12.8 Å². The van der Waals surface area contributed by atoms with Crippen molar-refractivity contribution in [1.29, 1.82) is 0 Å². The van der Waals surface area contributed by atoms with Crippen molar-refractivity contribution in [3.05, 3.63) is 22.4 Å². The lowest BCUT2D eigenvalue weighted by Gasteiger charge is -2.24. The second kappa shape index (κ2) is 4.71. The molecule has 1 aromatic heterocycles. The normalized spacial score (nSPS) is 28.4. The van der Waals surface area contributed by atoms with Gasteiger partial charge in [0, 0.05) is 17.1 Å². The summed E-state index contributed by atoms with van der Waals surface area (Å²) in [6.45, 7) is 0. The van der Waals surface area contributed by atoms with Gasteiger partial charge in [-0.3, -0.25) is 4.99 Å². The second-order valence-electron chi connectivity index (χ2n) is 3.81. The maximum absolute atomic E-state index is 6.01. The minimum atomic E-state index is 0.278. The number of nitrogens with two attached hydrogens (primary N) is 1. The average Bonchev–Trinajstić information content (AvgIpc) is 2.69. The third-order valence-electron chi connectivity index (χ3n) is 2.72. The predicted octanol–water partition coefficient (Wildman–Crippen LogP) is 2.44. The fraction of sp³-hybridized carbons (Fsp3) is 0.545. The molecule has 1 heterocycles. The van der Waals surface area contributed by atoms with Crippen molar-refractivity contribution in [2.24, 2.45) is 10.7 Å². The minimum absolute atomic E-state index is 0.278. The molecule has 0 amide bonds. The van der Waals surface area contributed by atoms with Crippen LogP contribution in [0.4, 0.5) is 0 Å². The molecule has 1 aliphatic carbocycles. The molecule has 2 atom stereocenters. The summed E-state index contributed by atoms with van der Waals surface area (Å²) in [6, 6.07) is 4.76. The lowest BCUT2D eigenvalue weighted by atomic mass is 9.91. The molecule has 14 heavy (non-hydrogen) atoms. The highest BCUT2D eigenvalue weighted by Gasteiger charge is 2.19. The highest BCUT2D eigenvalue weighted by atomic mass is 32.1. The molecule has 1 aromatic rings. The van der Waals surface area contributed by atoms with Crippen molar-refractivity contribution in [3.8, 4) is 0 Å². The summed E-state index contributed by atoms with van der Waals surface area (Å²) in [6.07, 6.45) is 6.81. The molecular weight excluding hydrogens is 192 g/mol. The lowest BCUT2D eigenvalue weighted by molar-refractivity contribution is 0.387. The first-order chi connectivity index (χ1) is 6.86. The van der Waals surface area contributed by atoms with Gasteiger partial charge in [0.15, 0.2) is 0 Å². The highest BCUT2D eigenvalue weighted by Crippen LogP contribution is 2.19. The average molecular weight is 208 g/mol. The standard InChI is InChI=1S/C11H16N2S/c12-10-5-1-2-6-11(10)13-8-9-4-3-7-14-9/h3-4,7-8,10-11H,1-2,5-6,12H2. The quantitative estimate of drug-likeness (QED) is 0.745. The molecule has 0 aromatic carbocycles. The van der Waals surface area contributed by atoms with Gasteiger partial charge in [-0.15, -0.1) is 11.3 Å². The van der Waals surface area contributed by atoms with Gasteiger partial charge in [-0.2, -0.15) is 0 Å². The van der Waals surface area contributed by atoms with Crippen molar-refractivity contribution >= 4 is 17.6 Å². The minimum Gasteiger partial charge on any atom is -0.326 e. The van der Waals surface area contributed by atoms with E-state index in [1.807, 2.05) is 12.3 Å². The summed E-state index contributed by atoms with van der Waals surface area (Å²) >= 11 is 1.72. The van der Waals surface area contributed by atoms with Crippen molar-refractivity contribution in [3.63, 3.8) is 0 Å². The van der Waals surface area contributed by atoms with E-state index in [1.54, 1.807) is 11.3 Å². The summed E-state index contributed by atoms with van der Waals surface area (Å²) in [7, 11) is 0. The number of hydrogen-bond donors (Lipinski definition) is 1. The van der Waals surface area contributed by atoms with Gasteiger partial charge in [0.25, 0.3) is 0 Å². The number of thiophene rings is 1. The molecular formula is C11H16N2S. The van der Waals surface area contributed by atoms with Crippen molar-refractivity contribution in [2.45, 2.75) is 37.8 Å². The number of hydrogen-bond acceptors (Lipinski definition) is 3. The summed E-state index contributed by atoms with van der Waals surface area (Å²) in [4.78, 5) is 5.79. The maximum atomic E-state index is 6.01. The molecule has 1 fully saturated rings. The van der Waals surface area contributed by atoms with E-state index >= 15 is 0 Å². The fourth-order valence-corrected chi connectivity index (χ4v) is 2.45. The molecule has 2 rings (SSSR count). The van der Waals surface area contributed by atoms with E-state index in [0.29, 0.717) is 6.04 Å². The van der Waals surface area contributed by atoms with Crippen LogP contribution >= 0.6 is 11.3 Å². The predicted molar refractivity (Wildman–Crippen MR) is 62.1 cm³/mol. The van der Waals surface area contributed by atoms with Crippen molar-refractivity contribution < 1.29 is 0 Å². The first-order valence-electron chi connectivity index (χ1n) is 5.18. The molecule has 0 spiro atoms. The monoisotopic (exact) mass is 208 g/mol. The smallest absolute Gasteiger partial charge is 0.0651 e. The van der Waals surface area contributed by atoms with E-state index in [2.05, 4.69) is 16.4 Å². The molecule has 2 nitrogen and oxygen atoms in total. The van der Waals surface area contributed by atoms with Crippen LogP contribution in [0.15, 0.2) is 22.5 Å². The molecule has 2 unspecified atom stereocenters. The van der Waals surface area contributed by atoms with Crippen LogP contribution in [0, 0.1) is 0 Å². The van der Waals surface area contributed by atoms with Gasteiger partial charge in [0.2, 0.25) is 0 Å². The van der Waals surface area contributed by atoms with Crippen LogP contribution in [-0.2, 0) is 0 Å². The Morgan fingerprint density at radius 3 is 3.00 bits per heavy atom. The zero-order valence-electron chi connectivity index (χ0n) is 8.23. The van der Waals surface area contributed by atoms with Gasteiger partial charge in [0.05, 0.1) is 6.04 Å². The Labute approximate surface area is 88.9 Å². The lowest BCUT2D eigenvalue weighted by Crippen LogP contribution is -2.36. The SMILES string of the molecule is NC1CCCCC1N=Cc1cccs1. The van der Waals surface area contributed by atoms with Crippen LogP contribution in [0.2, 0.25) is 0 Å². The Hall–Kier alpha value is -0.670. The Morgan fingerprint density at radius 2 is 2.29 bits per heavy atom. The molecule has 1 aliphatic rings. The van der Waals surface area contributed by atoms with Crippen LogP contribution in [0.3, 0.4) is 0 Å². The largest absolute Gasteiger partial charge is 0.326 e. The van der Waals surface area contributed by atoms with Crippen LogP contribution in [0.1, 0.15) is 30.6 Å². The van der Waals surface area contributed by atoms with Crippen molar-refractivity contribution in [2.75, 3.05) is 0 Å². The summed E-state index contributed by atoms with van der Waals surface area (Å²) < 4.78 is 0. The van der Waals surface area contributed by atoms with E-state index in [1.165, 1.54) is 17.7 Å². The van der Waals surface area contributed by atoms with Crippen LogP contribution in [0.5, 0.6) is 0 Å². The zero-order valence-corrected chi connectivity index (χ0v) is 9.04. The molecule has 0 saturated heterocycles. The Balaban J connectivity index is 1.95.